The summed E-state index contributed by atoms with van der Waals surface area (Å²) in [5.74, 6) is 1.31. The molecule has 0 amide bonds. The molecule has 0 radical (unpaired) electrons. The molecule has 0 unspecified atom stereocenters. The standard InChI is InChI=1S/C11H12N2O4/c1-15-8-4-6-7(5-12-13-11(6)14)9(16-2)10(8)17-3/h4-5H,1-3H3,(H,13,14). The van der Waals surface area contributed by atoms with Gasteiger partial charge in [0.05, 0.1) is 38.3 Å². The Labute approximate surface area is 97.1 Å². The minimum absolute atomic E-state index is 0.304. The van der Waals surface area contributed by atoms with Gasteiger partial charge in [-0.25, -0.2) is 5.10 Å². The Kier molecular flexibility index (Phi) is 2.86. The van der Waals surface area contributed by atoms with E-state index in [0.717, 1.165) is 0 Å². The summed E-state index contributed by atoms with van der Waals surface area (Å²) in [6.07, 6.45) is 1.51. The number of aromatic nitrogens is 2. The second-order valence-corrected chi connectivity index (χ2v) is 3.31. The molecule has 2 rings (SSSR count). The second kappa shape index (κ2) is 4.32. The van der Waals surface area contributed by atoms with Crippen LogP contribution in [-0.2, 0) is 0 Å². The zero-order chi connectivity index (χ0) is 12.4. The number of H-pyrrole nitrogens is 1. The summed E-state index contributed by atoms with van der Waals surface area (Å²) in [6.45, 7) is 0. The van der Waals surface area contributed by atoms with Gasteiger partial charge >= 0.3 is 0 Å². The van der Waals surface area contributed by atoms with Crippen LogP contribution in [0.25, 0.3) is 10.8 Å². The first-order valence-corrected chi connectivity index (χ1v) is 4.89. The number of fused-ring (bicyclic) bond motifs is 1. The molecule has 0 saturated heterocycles. The Bertz CT molecular complexity index is 606. The molecule has 17 heavy (non-hydrogen) atoms. The number of nitrogens with zero attached hydrogens (tertiary/aromatic N) is 1. The van der Waals surface area contributed by atoms with Crippen LogP contribution in [0.4, 0.5) is 0 Å². The summed E-state index contributed by atoms with van der Waals surface area (Å²) < 4.78 is 15.6. The molecule has 6 heteroatoms. The van der Waals surface area contributed by atoms with Crippen molar-refractivity contribution in [3.63, 3.8) is 0 Å². The van der Waals surface area contributed by atoms with Gasteiger partial charge < -0.3 is 14.2 Å². The van der Waals surface area contributed by atoms with Crippen molar-refractivity contribution in [1.29, 1.82) is 0 Å². The van der Waals surface area contributed by atoms with Crippen LogP contribution in [-0.4, -0.2) is 31.5 Å². The highest BCUT2D eigenvalue weighted by Crippen LogP contribution is 2.41. The van der Waals surface area contributed by atoms with Crippen LogP contribution < -0.4 is 19.8 Å². The molecule has 0 aliphatic heterocycles. The van der Waals surface area contributed by atoms with Crippen LogP contribution in [0.15, 0.2) is 17.1 Å². The molecule has 0 bridgehead atoms. The van der Waals surface area contributed by atoms with Gasteiger partial charge in [0.25, 0.3) is 5.56 Å². The lowest BCUT2D eigenvalue weighted by Gasteiger charge is -2.13. The van der Waals surface area contributed by atoms with Gasteiger partial charge in [0.2, 0.25) is 5.75 Å². The third-order valence-corrected chi connectivity index (χ3v) is 2.47. The average molecular weight is 236 g/mol. The van der Waals surface area contributed by atoms with Crippen LogP contribution in [0.5, 0.6) is 17.2 Å². The summed E-state index contributed by atoms with van der Waals surface area (Å²) in [5.41, 5.74) is -0.304. The predicted octanol–water partition coefficient (Wildman–Crippen LogP) is 0.949. The molecule has 90 valence electrons. The number of hydrogen-bond donors (Lipinski definition) is 1. The predicted molar refractivity (Wildman–Crippen MR) is 62.0 cm³/mol. The fourth-order valence-corrected chi connectivity index (χ4v) is 1.71. The molecule has 1 aromatic heterocycles. The number of rotatable bonds is 3. The SMILES string of the molecule is COc1cc2c(=O)[nH]ncc2c(OC)c1OC. The number of ether oxygens (including phenoxy) is 3. The van der Waals surface area contributed by atoms with Crippen molar-refractivity contribution in [3.8, 4) is 17.2 Å². The Morgan fingerprint density at radius 1 is 1.06 bits per heavy atom. The highest BCUT2D eigenvalue weighted by molar-refractivity contribution is 5.91. The fraction of sp³-hybridized carbons (Fsp3) is 0.273. The number of benzene rings is 1. The average Bonchev–Trinajstić information content (AvgIpc) is 2.36. The molecule has 1 heterocycles. The Hall–Kier alpha value is -2.24. The maximum Gasteiger partial charge on any atom is 0.272 e. The van der Waals surface area contributed by atoms with Gasteiger partial charge in [0.1, 0.15) is 0 Å². The zero-order valence-electron chi connectivity index (χ0n) is 9.73. The normalized spacial score (nSPS) is 10.3. The number of hydrogen-bond acceptors (Lipinski definition) is 5. The summed E-state index contributed by atoms with van der Waals surface area (Å²) in [6, 6.07) is 1.59. The Morgan fingerprint density at radius 2 is 1.76 bits per heavy atom. The number of nitrogens with one attached hydrogen (secondary N) is 1. The third kappa shape index (κ3) is 1.67. The van der Waals surface area contributed by atoms with Gasteiger partial charge in [0.15, 0.2) is 11.5 Å². The molecule has 0 aliphatic carbocycles. The van der Waals surface area contributed by atoms with E-state index in [2.05, 4.69) is 10.2 Å². The molecular weight excluding hydrogens is 224 g/mol. The van der Waals surface area contributed by atoms with E-state index in [9.17, 15) is 4.79 Å². The van der Waals surface area contributed by atoms with Crippen molar-refractivity contribution in [2.45, 2.75) is 0 Å². The van der Waals surface area contributed by atoms with E-state index in [1.54, 1.807) is 6.07 Å². The third-order valence-electron chi connectivity index (χ3n) is 2.47. The lowest BCUT2D eigenvalue weighted by molar-refractivity contribution is 0.327. The highest BCUT2D eigenvalue weighted by Gasteiger charge is 2.17. The number of methoxy groups -OCH3 is 3. The number of aromatic amines is 1. The van der Waals surface area contributed by atoms with Gasteiger partial charge in [-0.2, -0.15) is 5.10 Å². The molecule has 0 atom stereocenters. The minimum atomic E-state index is -0.304. The minimum Gasteiger partial charge on any atom is -0.493 e. The largest absolute Gasteiger partial charge is 0.493 e. The molecule has 0 fully saturated rings. The molecular formula is C11H12N2O4. The Morgan fingerprint density at radius 3 is 2.35 bits per heavy atom. The highest BCUT2D eigenvalue weighted by atomic mass is 16.5. The first-order chi connectivity index (χ1) is 8.22. The van der Waals surface area contributed by atoms with Crippen molar-refractivity contribution in [3.05, 3.63) is 22.6 Å². The van der Waals surface area contributed by atoms with Crippen LogP contribution in [0.1, 0.15) is 0 Å². The topological polar surface area (TPSA) is 73.4 Å². The van der Waals surface area contributed by atoms with Gasteiger partial charge in [-0.3, -0.25) is 4.79 Å². The molecule has 2 aromatic rings. The molecule has 6 nitrogen and oxygen atoms in total. The van der Waals surface area contributed by atoms with E-state index in [0.29, 0.717) is 28.0 Å². The van der Waals surface area contributed by atoms with E-state index in [1.807, 2.05) is 0 Å². The van der Waals surface area contributed by atoms with Crippen molar-refractivity contribution in [1.82, 2.24) is 10.2 Å². The maximum absolute atomic E-state index is 11.6. The Balaban J connectivity index is 2.94. The first-order valence-electron chi connectivity index (χ1n) is 4.89. The summed E-state index contributed by atoms with van der Waals surface area (Å²) >= 11 is 0. The molecule has 0 saturated carbocycles. The molecule has 0 aliphatic rings. The van der Waals surface area contributed by atoms with Crippen molar-refractivity contribution >= 4 is 10.8 Å². The smallest absolute Gasteiger partial charge is 0.272 e. The van der Waals surface area contributed by atoms with E-state index in [4.69, 9.17) is 14.2 Å². The van der Waals surface area contributed by atoms with Gasteiger partial charge in [-0.05, 0) is 6.07 Å². The van der Waals surface area contributed by atoms with Gasteiger partial charge in [-0.15, -0.1) is 0 Å². The van der Waals surface area contributed by atoms with Gasteiger partial charge in [0, 0.05) is 0 Å². The lowest BCUT2D eigenvalue weighted by atomic mass is 10.1. The summed E-state index contributed by atoms with van der Waals surface area (Å²) in [7, 11) is 4.50. The van der Waals surface area contributed by atoms with Crippen molar-refractivity contribution in [2.75, 3.05) is 21.3 Å². The maximum atomic E-state index is 11.6. The molecule has 0 spiro atoms. The lowest BCUT2D eigenvalue weighted by Crippen LogP contribution is -2.09. The monoisotopic (exact) mass is 236 g/mol. The molecule has 1 N–H and O–H groups in total. The van der Waals surface area contributed by atoms with Crippen LogP contribution in [0.3, 0.4) is 0 Å². The van der Waals surface area contributed by atoms with E-state index < -0.39 is 0 Å². The van der Waals surface area contributed by atoms with Gasteiger partial charge in [-0.1, -0.05) is 0 Å². The summed E-state index contributed by atoms with van der Waals surface area (Å²) in [4.78, 5) is 11.6. The van der Waals surface area contributed by atoms with Crippen molar-refractivity contribution < 1.29 is 14.2 Å². The van der Waals surface area contributed by atoms with Crippen LogP contribution in [0, 0.1) is 0 Å². The second-order valence-electron chi connectivity index (χ2n) is 3.31. The van der Waals surface area contributed by atoms with E-state index >= 15 is 0 Å². The summed E-state index contributed by atoms with van der Waals surface area (Å²) in [5, 5.41) is 7.11. The van der Waals surface area contributed by atoms with Crippen molar-refractivity contribution in [2.24, 2.45) is 0 Å². The van der Waals surface area contributed by atoms with Crippen LogP contribution in [0.2, 0.25) is 0 Å². The first kappa shape index (κ1) is 11.3. The van der Waals surface area contributed by atoms with E-state index in [-0.39, 0.29) is 5.56 Å². The zero-order valence-corrected chi connectivity index (χ0v) is 9.73. The molecule has 1 aromatic carbocycles. The van der Waals surface area contributed by atoms with E-state index in [1.165, 1.54) is 27.5 Å². The quantitative estimate of drug-likeness (QED) is 0.858. The van der Waals surface area contributed by atoms with Crippen LogP contribution >= 0.6 is 0 Å². The fourth-order valence-electron chi connectivity index (χ4n) is 1.71.